The number of carbonyl (C=O) groups excluding carboxylic acids is 3. The minimum absolute atomic E-state index is 0.00601. The molecule has 0 fully saturated rings. The smallest absolute Gasteiger partial charge is 0.283 e. The maximum absolute atomic E-state index is 13.0. The summed E-state index contributed by atoms with van der Waals surface area (Å²) in [6.07, 6.45) is 0. The maximum Gasteiger partial charge on any atom is 0.283 e. The predicted molar refractivity (Wildman–Crippen MR) is 131 cm³/mol. The fraction of sp³-hybridized carbons (Fsp3) is 0.167. The number of nitrogens with one attached hydrogen (secondary N) is 2. The molecule has 168 valence electrons. The van der Waals surface area contributed by atoms with Gasteiger partial charge in [-0.15, -0.1) is 11.3 Å². The van der Waals surface area contributed by atoms with Gasteiger partial charge in [0.15, 0.2) is 5.13 Å². The molecule has 1 aliphatic heterocycles. The Bertz CT molecular complexity index is 1310. The number of nitrogens with zero attached hydrogens (tertiary/aromatic N) is 2. The van der Waals surface area contributed by atoms with Gasteiger partial charge in [0.25, 0.3) is 17.7 Å². The molecule has 4 rings (SSSR count). The molecule has 0 aliphatic carbocycles. The fourth-order valence-electron chi connectivity index (χ4n) is 3.35. The highest BCUT2D eigenvalue weighted by molar-refractivity contribution is 7.15. The highest BCUT2D eigenvalue weighted by atomic mass is 35.5. The van der Waals surface area contributed by atoms with Crippen molar-refractivity contribution >= 4 is 57.2 Å². The van der Waals surface area contributed by atoms with E-state index in [2.05, 4.69) is 15.6 Å². The van der Waals surface area contributed by atoms with Crippen molar-refractivity contribution in [2.24, 2.45) is 0 Å². The van der Waals surface area contributed by atoms with Gasteiger partial charge < -0.3 is 5.32 Å². The van der Waals surface area contributed by atoms with Crippen molar-refractivity contribution < 1.29 is 14.4 Å². The number of hydrogen-bond donors (Lipinski definition) is 2. The Morgan fingerprint density at radius 3 is 2.33 bits per heavy atom. The highest BCUT2D eigenvalue weighted by Crippen LogP contribution is 2.33. The Kier molecular flexibility index (Phi) is 6.05. The summed E-state index contributed by atoms with van der Waals surface area (Å²) in [7, 11) is 0. The molecule has 0 saturated heterocycles. The molecule has 9 heteroatoms. The summed E-state index contributed by atoms with van der Waals surface area (Å²) >= 11 is 7.64. The third-order valence-electron chi connectivity index (χ3n) is 5.51. The van der Waals surface area contributed by atoms with Crippen LogP contribution in [-0.2, 0) is 9.59 Å². The first-order chi connectivity index (χ1) is 15.7. The number of amides is 3. The number of benzene rings is 2. The van der Waals surface area contributed by atoms with E-state index in [4.69, 9.17) is 11.6 Å². The first kappa shape index (κ1) is 22.7. The summed E-state index contributed by atoms with van der Waals surface area (Å²) in [6.45, 7) is 7.59. The van der Waals surface area contributed by atoms with Crippen LogP contribution in [0.25, 0.3) is 0 Å². The first-order valence-electron chi connectivity index (χ1n) is 10.1. The number of rotatable bonds is 5. The van der Waals surface area contributed by atoms with Crippen molar-refractivity contribution in [3.8, 4) is 0 Å². The number of aromatic nitrogens is 1. The third-order valence-corrected chi connectivity index (χ3v) is 6.85. The Balaban J connectivity index is 1.50. The van der Waals surface area contributed by atoms with E-state index in [-0.39, 0.29) is 16.6 Å². The van der Waals surface area contributed by atoms with E-state index < -0.39 is 11.8 Å². The third kappa shape index (κ3) is 4.27. The number of anilines is 3. The molecule has 33 heavy (non-hydrogen) atoms. The van der Waals surface area contributed by atoms with Crippen LogP contribution in [-0.4, -0.2) is 22.7 Å². The van der Waals surface area contributed by atoms with Crippen LogP contribution in [0, 0.1) is 27.7 Å². The van der Waals surface area contributed by atoms with E-state index in [1.54, 1.807) is 36.4 Å². The van der Waals surface area contributed by atoms with Crippen LogP contribution >= 0.6 is 22.9 Å². The van der Waals surface area contributed by atoms with Gasteiger partial charge in [-0.3, -0.25) is 19.7 Å². The van der Waals surface area contributed by atoms with Gasteiger partial charge in [-0.1, -0.05) is 23.7 Å². The van der Waals surface area contributed by atoms with Gasteiger partial charge in [0, 0.05) is 16.1 Å². The minimum atomic E-state index is -0.581. The van der Waals surface area contributed by atoms with Gasteiger partial charge in [-0.05, 0) is 69.2 Å². The average Bonchev–Trinajstić information content (AvgIpc) is 3.20. The van der Waals surface area contributed by atoms with Crippen LogP contribution in [0.5, 0.6) is 0 Å². The molecule has 0 bridgehead atoms. The van der Waals surface area contributed by atoms with E-state index in [1.807, 2.05) is 33.8 Å². The Hall–Kier alpha value is -3.49. The molecular weight excluding hydrogens is 460 g/mol. The zero-order chi connectivity index (χ0) is 23.9. The zero-order valence-corrected chi connectivity index (χ0v) is 20.0. The molecule has 2 aromatic carbocycles. The maximum atomic E-state index is 13.0. The van der Waals surface area contributed by atoms with Gasteiger partial charge >= 0.3 is 0 Å². The lowest BCUT2D eigenvalue weighted by Gasteiger charge is -2.18. The molecule has 1 aromatic heterocycles. The van der Waals surface area contributed by atoms with Gasteiger partial charge in [0.1, 0.15) is 10.7 Å². The standard InChI is InChI=1S/C24H21ClN4O3S/c1-12-6-5-7-18(13(12)2)29-22(31)19(25)20(23(29)32)27-17-10-8-16(9-11-17)21(30)28-24-26-14(3)15(4)33-24/h5-11,27H,1-4H3,(H,26,28,30). The van der Waals surface area contributed by atoms with Crippen LogP contribution < -0.4 is 15.5 Å². The first-order valence-corrected chi connectivity index (χ1v) is 11.3. The molecule has 7 nitrogen and oxygen atoms in total. The quantitative estimate of drug-likeness (QED) is 0.498. The average molecular weight is 481 g/mol. The highest BCUT2D eigenvalue weighted by Gasteiger charge is 2.39. The largest absolute Gasteiger partial charge is 0.350 e. The number of hydrogen-bond acceptors (Lipinski definition) is 6. The monoisotopic (exact) mass is 480 g/mol. The molecule has 0 unspecified atom stereocenters. The number of halogens is 1. The van der Waals surface area contributed by atoms with Crippen molar-refractivity contribution in [2.75, 3.05) is 15.5 Å². The normalized spacial score (nSPS) is 13.7. The van der Waals surface area contributed by atoms with Crippen molar-refractivity contribution in [3.63, 3.8) is 0 Å². The van der Waals surface area contributed by atoms with Gasteiger partial charge in [0.05, 0.1) is 11.4 Å². The molecule has 2 N–H and O–H groups in total. The summed E-state index contributed by atoms with van der Waals surface area (Å²) in [6, 6.07) is 11.9. The lowest BCUT2D eigenvalue weighted by atomic mass is 10.1. The lowest BCUT2D eigenvalue weighted by Crippen LogP contribution is -2.33. The van der Waals surface area contributed by atoms with Crippen molar-refractivity contribution in [1.82, 2.24) is 4.98 Å². The second-order valence-corrected chi connectivity index (χ2v) is 9.25. The topological polar surface area (TPSA) is 91.4 Å². The predicted octanol–water partition coefficient (Wildman–Crippen LogP) is 5.06. The molecule has 3 amide bonds. The van der Waals surface area contributed by atoms with Crippen molar-refractivity contribution in [1.29, 1.82) is 0 Å². The van der Waals surface area contributed by atoms with Crippen LogP contribution in [0.3, 0.4) is 0 Å². The number of carbonyl (C=O) groups is 3. The van der Waals surface area contributed by atoms with Crippen molar-refractivity contribution in [3.05, 3.63) is 80.5 Å². The van der Waals surface area contributed by atoms with E-state index >= 15 is 0 Å². The molecular formula is C24H21ClN4O3S. The second-order valence-electron chi connectivity index (χ2n) is 7.67. The van der Waals surface area contributed by atoms with Crippen LogP contribution in [0.2, 0.25) is 0 Å². The van der Waals surface area contributed by atoms with Crippen LogP contribution in [0.1, 0.15) is 32.1 Å². The van der Waals surface area contributed by atoms with Gasteiger partial charge in [-0.25, -0.2) is 9.88 Å². The summed E-state index contributed by atoms with van der Waals surface area (Å²) in [5, 5.41) is 6.06. The van der Waals surface area contributed by atoms with E-state index in [0.717, 1.165) is 26.6 Å². The van der Waals surface area contributed by atoms with E-state index in [1.165, 1.54) is 11.3 Å². The minimum Gasteiger partial charge on any atom is -0.350 e. The van der Waals surface area contributed by atoms with E-state index in [9.17, 15) is 14.4 Å². The molecule has 3 aromatic rings. The number of aryl methyl sites for hydroxylation is 3. The summed E-state index contributed by atoms with van der Waals surface area (Å²) in [5.74, 6) is -1.40. The number of thiazole rings is 1. The summed E-state index contributed by atoms with van der Waals surface area (Å²) in [4.78, 5) is 44.7. The van der Waals surface area contributed by atoms with Crippen molar-refractivity contribution in [2.45, 2.75) is 27.7 Å². The SMILES string of the molecule is Cc1cccc(N2C(=O)C(Cl)=C(Nc3ccc(C(=O)Nc4nc(C)c(C)s4)cc3)C2=O)c1C. The lowest BCUT2D eigenvalue weighted by molar-refractivity contribution is -0.120. The molecule has 2 heterocycles. The molecule has 1 aliphatic rings. The summed E-state index contributed by atoms with van der Waals surface area (Å²) < 4.78 is 0. The Morgan fingerprint density at radius 1 is 1.00 bits per heavy atom. The van der Waals surface area contributed by atoms with Crippen LogP contribution in [0.15, 0.2) is 53.2 Å². The molecule has 0 saturated carbocycles. The Morgan fingerprint density at radius 2 is 1.70 bits per heavy atom. The Labute approximate surface area is 200 Å². The zero-order valence-electron chi connectivity index (χ0n) is 18.4. The van der Waals surface area contributed by atoms with E-state index in [0.29, 0.717) is 22.1 Å². The van der Waals surface area contributed by atoms with Gasteiger partial charge in [-0.2, -0.15) is 0 Å². The molecule has 0 spiro atoms. The van der Waals surface area contributed by atoms with Gasteiger partial charge in [0.2, 0.25) is 0 Å². The molecule has 0 atom stereocenters. The fourth-order valence-corrected chi connectivity index (χ4v) is 4.38. The second kappa shape index (κ2) is 8.80. The summed E-state index contributed by atoms with van der Waals surface area (Å²) in [5.41, 5.74) is 4.11. The number of imide groups is 1. The molecule has 0 radical (unpaired) electrons. The van der Waals surface area contributed by atoms with Crippen LogP contribution in [0.4, 0.5) is 16.5 Å².